The van der Waals surface area contributed by atoms with Crippen LogP contribution in [0.5, 0.6) is 11.5 Å². The monoisotopic (exact) mass is 890 g/mol. The largest absolute Gasteiger partial charge is 0.471 e. The lowest BCUT2D eigenvalue weighted by molar-refractivity contribution is -0.144. The lowest BCUT2D eigenvalue weighted by atomic mass is 9.89. The molecule has 0 radical (unpaired) electrons. The number of ether oxygens (including phenoxy) is 2. The van der Waals surface area contributed by atoms with Gasteiger partial charge >= 0.3 is 36.6 Å². The van der Waals surface area contributed by atoms with E-state index in [2.05, 4.69) is 0 Å². The van der Waals surface area contributed by atoms with Crippen LogP contribution in [0.15, 0.2) is 97.1 Å². The molecule has 0 heterocycles. The number of esters is 2. The first-order chi connectivity index (χ1) is 28.0. The van der Waals surface area contributed by atoms with Crippen LogP contribution in [0, 0.1) is 0 Å². The Hall–Kier alpha value is -5.60. The molecule has 0 saturated heterocycles. The molecule has 6 aromatic rings. The number of benzene rings is 6. The highest BCUT2D eigenvalue weighted by Gasteiger charge is 2.39. The van der Waals surface area contributed by atoms with E-state index in [1.165, 1.54) is 48.5 Å². The minimum atomic E-state index is -5.23. The van der Waals surface area contributed by atoms with Crippen molar-refractivity contribution in [3.63, 3.8) is 0 Å². The number of hydrogen-bond acceptors (Lipinski definition) is 6. The van der Waals surface area contributed by atoms with Crippen LogP contribution in [-0.2, 0) is 34.2 Å². The molecule has 6 aromatic carbocycles. The zero-order chi connectivity index (χ0) is 43.9. The van der Waals surface area contributed by atoms with Crippen molar-refractivity contribution in [1.29, 1.82) is 0 Å². The topological polar surface area (TPSA) is 71.1 Å². The van der Waals surface area contributed by atoms with Crippen molar-refractivity contribution < 1.29 is 80.8 Å². The number of fused-ring (bicyclic) bond motifs is 2. The highest BCUT2D eigenvalue weighted by Crippen LogP contribution is 2.51. The zero-order valence-electron chi connectivity index (χ0n) is 30.2. The fourth-order valence-corrected chi connectivity index (χ4v) is 7.86. The number of hydrogen-bond donors (Lipinski definition) is 0. The molecule has 0 fully saturated rings. The number of rotatable bonds is 9. The van der Waals surface area contributed by atoms with Gasteiger partial charge in [-0.15, -0.1) is 0 Å². The summed E-state index contributed by atoms with van der Waals surface area (Å²) < 4.78 is 188. The number of alkyl halides is 12. The average Bonchev–Trinajstić information content (AvgIpc) is 3.19. The molecule has 0 spiro atoms. The van der Waals surface area contributed by atoms with E-state index in [-0.39, 0.29) is 44.8 Å². The second-order valence-corrected chi connectivity index (χ2v) is 14.7. The average molecular weight is 891 g/mol. The second-order valence-electron chi connectivity index (χ2n) is 12.7. The van der Waals surface area contributed by atoms with Crippen molar-refractivity contribution in [3.05, 3.63) is 130 Å². The van der Waals surface area contributed by atoms with Gasteiger partial charge in [0.2, 0.25) is 0 Å². The normalized spacial score (nSPS) is 12.8. The SMILES string of the molecule is COC(=O)c1cc2ccccc2c(-c2c(OPc3cc(C(F)(F)F)cc(C(F)(F)F)c3)c(C(=O)OC)cc3ccccc23)c1OPc1cc(C(F)(F)F)cc(C(F)(F)F)c1. The Labute approximate surface area is 334 Å². The molecule has 60 heavy (non-hydrogen) atoms. The van der Waals surface area contributed by atoms with Gasteiger partial charge in [0.1, 0.15) is 40.2 Å². The van der Waals surface area contributed by atoms with Crippen LogP contribution in [0.4, 0.5) is 52.7 Å². The second kappa shape index (κ2) is 16.5. The standard InChI is InChI=1S/C40H24F12O6P2/c1-55-35(53)29-11-19-7-3-5-9-27(19)31(33(29)57-59-25-15-21(37(41,42)43)13-22(16-25)38(44,45)46)32-28-10-6-4-8-20(28)12-30(36(54)56-2)34(32)58-60-26-17-23(39(47,48)49)14-24(18-26)40(50,51)52/h3-18,59-60H,1-2H3. The van der Waals surface area contributed by atoms with Crippen LogP contribution < -0.4 is 19.7 Å². The maximum atomic E-state index is 13.8. The molecule has 314 valence electrons. The van der Waals surface area contributed by atoms with Crippen LogP contribution in [-0.4, -0.2) is 26.2 Å². The Morgan fingerprint density at radius 2 is 0.750 bits per heavy atom. The predicted molar refractivity (Wildman–Crippen MR) is 200 cm³/mol. The van der Waals surface area contributed by atoms with E-state index in [0.717, 1.165) is 14.2 Å². The number of carbonyl (C=O) groups is 2. The third kappa shape index (κ3) is 9.24. The minimum Gasteiger partial charge on any atom is -0.471 e. The first kappa shape index (κ1) is 44.0. The summed E-state index contributed by atoms with van der Waals surface area (Å²) in [5.74, 6) is -3.24. The first-order valence-electron chi connectivity index (χ1n) is 16.7. The maximum absolute atomic E-state index is 13.8. The molecule has 6 rings (SSSR count). The van der Waals surface area contributed by atoms with Crippen molar-refractivity contribution in [2.24, 2.45) is 0 Å². The first-order valence-corrected chi connectivity index (χ1v) is 18.6. The van der Waals surface area contributed by atoms with Gasteiger partial charge in [0, 0.05) is 21.7 Å². The van der Waals surface area contributed by atoms with Crippen molar-refractivity contribution in [2.45, 2.75) is 24.7 Å². The van der Waals surface area contributed by atoms with Crippen molar-refractivity contribution in [1.82, 2.24) is 0 Å². The summed E-state index contributed by atoms with van der Waals surface area (Å²) >= 11 is 0. The summed E-state index contributed by atoms with van der Waals surface area (Å²) in [7, 11) is -0.828. The van der Waals surface area contributed by atoms with Gasteiger partial charge in [-0.3, -0.25) is 0 Å². The third-order valence-electron chi connectivity index (χ3n) is 8.78. The summed E-state index contributed by atoms with van der Waals surface area (Å²) in [6.07, 6.45) is -20.9. The van der Waals surface area contributed by atoms with E-state index in [0.29, 0.717) is 24.3 Å². The summed E-state index contributed by atoms with van der Waals surface area (Å²) in [5.41, 5.74) is -7.83. The van der Waals surface area contributed by atoms with Crippen molar-refractivity contribution in [3.8, 4) is 22.6 Å². The Morgan fingerprint density at radius 1 is 0.450 bits per heavy atom. The molecule has 2 atom stereocenters. The quantitative estimate of drug-likeness (QED) is 0.0818. The number of carbonyl (C=O) groups excluding carboxylic acids is 2. The molecule has 0 amide bonds. The van der Waals surface area contributed by atoms with Gasteiger partial charge in [0.05, 0.1) is 36.5 Å². The summed E-state index contributed by atoms with van der Waals surface area (Å²) in [6.45, 7) is 0. The highest BCUT2D eigenvalue weighted by atomic mass is 31.1. The summed E-state index contributed by atoms with van der Waals surface area (Å²) in [6, 6.07) is 16.1. The van der Waals surface area contributed by atoms with E-state index in [4.69, 9.17) is 18.5 Å². The van der Waals surface area contributed by atoms with E-state index in [9.17, 15) is 62.3 Å². The highest BCUT2D eigenvalue weighted by molar-refractivity contribution is 7.42. The molecule has 0 aliphatic heterocycles. The van der Waals surface area contributed by atoms with Crippen LogP contribution in [0.3, 0.4) is 0 Å². The van der Waals surface area contributed by atoms with Crippen LogP contribution in [0.2, 0.25) is 0 Å². The third-order valence-corrected chi connectivity index (χ3v) is 10.4. The van der Waals surface area contributed by atoms with Gasteiger partial charge in [0.15, 0.2) is 0 Å². The van der Waals surface area contributed by atoms with Crippen LogP contribution in [0.1, 0.15) is 43.0 Å². The zero-order valence-corrected chi connectivity index (χ0v) is 32.2. The molecule has 0 aliphatic rings. The molecule has 0 bridgehead atoms. The van der Waals surface area contributed by atoms with Gasteiger partial charge < -0.3 is 18.5 Å². The lowest BCUT2D eigenvalue weighted by Gasteiger charge is -2.23. The molecule has 0 N–H and O–H groups in total. The van der Waals surface area contributed by atoms with Gasteiger partial charge in [0.25, 0.3) is 0 Å². The fourth-order valence-electron chi connectivity index (χ4n) is 6.14. The molecule has 0 aromatic heterocycles. The van der Waals surface area contributed by atoms with Gasteiger partial charge in [-0.25, -0.2) is 9.59 Å². The molecule has 2 unspecified atom stereocenters. The van der Waals surface area contributed by atoms with E-state index in [1.54, 1.807) is 12.1 Å². The Balaban J connectivity index is 1.67. The molecule has 0 saturated carbocycles. The number of methoxy groups -OCH3 is 2. The Bertz CT molecular complexity index is 2390. The Morgan fingerprint density at radius 3 is 1.03 bits per heavy atom. The predicted octanol–water partition coefficient (Wildman–Crippen LogP) is 11.9. The minimum absolute atomic E-state index is 0.0911. The summed E-state index contributed by atoms with van der Waals surface area (Å²) in [5, 5.41) is -0.384. The van der Waals surface area contributed by atoms with Gasteiger partial charge in [-0.1, -0.05) is 48.5 Å². The van der Waals surface area contributed by atoms with Crippen molar-refractivity contribution in [2.75, 3.05) is 14.2 Å². The van der Waals surface area contributed by atoms with E-state index in [1.807, 2.05) is 0 Å². The smallest absolute Gasteiger partial charge is 0.416 e. The lowest BCUT2D eigenvalue weighted by Crippen LogP contribution is -2.16. The molecular formula is C40H24F12O6P2. The fraction of sp³-hybridized carbons (Fsp3) is 0.150. The van der Waals surface area contributed by atoms with Crippen LogP contribution >= 0.6 is 17.6 Å². The Kier molecular flexibility index (Phi) is 12.1. The van der Waals surface area contributed by atoms with Gasteiger partial charge in [-0.2, -0.15) is 52.7 Å². The van der Waals surface area contributed by atoms with E-state index < -0.39 is 110 Å². The van der Waals surface area contributed by atoms with Crippen molar-refractivity contribution >= 4 is 61.7 Å². The molecule has 0 aliphatic carbocycles. The van der Waals surface area contributed by atoms with Gasteiger partial charge in [-0.05, 0) is 70.1 Å². The molecule has 20 heteroatoms. The maximum Gasteiger partial charge on any atom is 0.416 e. The molecule has 6 nitrogen and oxygen atoms in total. The van der Waals surface area contributed by atoms with Crippen LogP contribution in [0.25, 0.3) is 32.7 Å². The van der Waals surface area contributed by atoms with E-state index >= 15 is 0 Å². The summed E-state index contributed by atoms with van der Waals surface area (Å²) in [4.78, 5) is 26.9. The molecular weight excluding hydrogens is 866 g/mol. The number of halogens is 12.